The van der Waals surface area contributed by atoms with Gasteiger partial charge in [-0.2, -0.15) is 0 Å². The molecule has 0 heterocycles. The van der Waals surface area contributed by atoms with Crippen molar-refractivity contribution in [3.63, 3.8) is 0 Å². The molecule has 0 aromatic rings. The van der Waals surface area contributed by atoms with Crippen LogP contribution in [0.5, 0.6) is 0 Å². The maximum Gasteiger partial charge on any atom is 0.195 e. The molecule has 0 atom stereocenters. The zero-order valence-electron chi connectivity index (χ0n) is 7.14. The van der Waals surface area contributed by atoms with Gasteiger partial charge in [-0.1, -0.05) is 25.6 Å². The summed E-state index contributed by atoms with van der Waals surface area (Å²) in [6, 6.07) is 0. The van der Waals surface area contributed by atoms with Gasteiger partial charge in [-0.05, 0) is 30.4 Å². The van der Waals surface area contributed by atoms with Gasteiger partial charge in [0.05, 0.1) is 0 Å². The SMILES string of the molecule is CCSC(=O)C12CC(C)(C1)C2. The second-order valence-corrected chi connectivity index (χ2v) is 5.58. The summed E-state index contributed by atoms with van der Waals surface area (Å²) in [4.78, 5) is 11.5. The summed E-state index contributed by atoms with van der Waals surface area (Å²) in [5, 5.41) is 0.462. The number of hydrogen-bond acceptors (Lipinski definition) is 2. The van der Waals surface area contributed by atoms with Crippen molar-refractivity contribution in [2.75, 3.05) is 5.75 Å². The lowest BCUT2D eigenvalue weighted by Gasteiger charge is -2.68. The first-order valence-electron chi connectivity index (χ1n) is 4.28. The molecule has 3 saturated carbocycles. The molecular formula is C9H14OS. The number of carbonyl (C=O) groups is 1. The molecule has 3 fully saturated rings. The van der Waals surface area contributed by atoms with Crippen molar-refractivity contribution >= 4 is 16.9 Å². The van der Waals surface area contributed by atoms with Crippen LogP contribution in [0, 0.1) is 10.8 Å². The van der Waals surface area contributed by atoms with Crippen molar-refractivity contribution in [3.05, 3.63) is 0 Å². The zero-order valence-corrected chi connectivity index (χ0v) is 7.96. The van der Waals surface area contributed by atoms with Crippen molar-refractivity contribution < 1.29 is 4.79 Å². The summed E-state index contributed by atoms with van der Waals surface area (Å²) >= 11 is 1.51. The van der Waals surface area contributed by atoms with Gasteiger partial charge in [0, 0.05) is 5.41 Å². The van der Waals surface area contributed by atoms with Crippen LogP contribution in [0.25, 0.3) is 0 Å². The number of rotatable bonds is 2. The van der Waals surface area contributed by atoms with Crippen molar-refractivity contribution in [2.45, 2.75) is 33.1 Å². The van der Waals surface area contributed by atoms with E-state index in [0.29, 0.717) is 10.5 Å². The highest BCUT2D eigenvalue weighted by Gasteiger charge is 2.68. The molecule has 62 valence electrons. The fourth-order valence-electron chi connectivity index (χ4n) is 2.80. The number of thioether (sulfide) groups is 1. The monoisotopic (exact) mass is 170 g/mol. The van der Waals surface area contributed by atoms with E-state index in [1.54, 1.807) is 0 Å². The van der Waals surface area contributed by atoms with Gasteiger partial charge < -0.3 is 0 Å². The van der Waals surface area contributed by atoms with E-state index in [4.69, 9.17) is 0 Å². The van der Waals surface area contributed by atoms with E-state index in [0.717, 1.165) is 5.75 Å². The van der Waals surface area contributed by atoms with Gasteiger partial charge in [0.1, 0.15) is 0 Å². The van der Waals surface area contributed by atoms with Gasteiger partial charge >= 0.3 is 0 Å². The van der Waals surface area contributed by atoms with Crippen LogP contribution < -0.4 is 0 Å². The predicted molar refractivity (Wildman–Crippen MR) is 47.5 cm³/mol. The van der Waals surface area contributed by atoms with E-state index >= 15 is 0 Å². The molecule has 0 aromatic carbocycles. The third kappa shape index (κ3) is 0.883. The topological polar surface area (TPSA) is 17.1 Å². The lowest BCUT2D eigenvalue weighted by Crippen LogP contribution is -2.63. The van der Waals surface area contributed by atoms with Gasteiger partial charge in [0.2, 0.25) is 0 Å². The third-order valence-corrected chi connectivity index (χ3v) is 3.99. The van der Waals surface area contributed by atoms with E-state index in [-0.39, 0.29) is 5.41 Å². The lowest BCUT2D eigenvalue weighted by molar-refractivity contribution is -0.188. The Kier molecular flexibility index (Phi) is 1.42. The average molecular weight is 170 g/mol. The highest BCUT2D eigenvalue weighted by Crippen LogP contribution is 2.74. The molecule has 0 unspecified atom stereocenters. The summed E-state index contributed by atoms with van der Waals surface area (Å²) in [7, 11) is 0. The molecule has 2 bridgehead atoms. The molecule has 3 aliphatic carbocycles. The fraction of sp³-hybridized carbons (Fsp3) is 0.889. The summed E-state index contributed by atoms with van der Waals surface area (Å²) in [6.07, 6.45) is 3.52. The van der Waals surface area contributed by atoms with Gasteiger partial charge in [-0.25, -0.2) is 0 Å². The van der Waals surface area contributed by atoms with Gasteiger partial charge in [0.25, 0.3) is 0 Å². The van der Waals surface area contributed by atoms with Crippen LogP contribution in [-0.2, 0) is 4.79 Å². The van der Waals surface area contributed by atoms with Crippen molar-refractivity contribution in [1.82, 2.24) is 0 Å². The standard InChI is InChI=1S/C9H14OS/c1-3-11-7(10)9-4-8(2,5-9)6-9/h3-6H2,1-2H3. The zero-order chi connectivity index (χ0) is 8.11. The highest BCUT2D eigenvalue weighted by molar-refractivity contribution is 8.13. The first-order chi connectivity index (χ1) is 5.10. The fourth-order valence-corrected chi connectivity index (χ4v) is 3.58. The van der Waals surface area contributed by atoms with Crippen LogP contribution in [0.1, 0.15) is 33.1 Å². The van der Waals surface area contributed by atoms with Crippen LogP contribution in [0.4, 0.5) is 0 Å². The minimum absolute atomic E-state index is 0.162. The number of hydrogen-bond donors (Lipinski definition) is 0. The Morgan fingerprint density at radius 1 is 1.45 bits per heavy atom. The second-order valence-electron chi connectivity index (χ2n) is 4.34. The first kappa shape index (κ1) is 7.66. The van der Waals surface area contributed by atoms with Crippen LogP contribution in [0.2, 0.25) is 0 Å². The Balaban J connectivity index is 1.94. The van der Waals surface area contributed by atoms with Crippen LogP contribution in [0.15, 0.2) is 0 Å². The summed E-state index contributed by atoms with van der Waals surface area (Å²) in [5.74, 6) is 0.942. The molecule has 3 aliphatic rings. The largest absolute Gasteiger partial charge is 0.287 e. The molecule has 1 nitrogen and oxygen atoms in total. The summed E-state index contributed by atoms with van der Waals surface area (Å²) in [6.45, 7) is 4.34. The molecule has 0 radical (unpaired) electrons. The van der Waals surface area contributed by atoms with E-state index in [9.17, 15) is 4.79 Å². The molecule has 0 N–H and O–H groups in total. The first-order valence-corrected chi connectivity index (χ1v) is 5.26. The molecule has 0 aliphatic heterocycles. The predicted octanol–water partition coefficient (Wildman–Crippen LogP) is 2.46. The van der Waals surface area contributed by atoms with Crippen LogP contribution >= 0.6 is 11.8 Å². The molecule has 3 rings (SSSR count). The average Bonchev–Trinajstić information content (AvgIpc) is 1.79. The summed E-state index contributed by atoms with van der Waals surface area (Å²) in [5.41, 5.74) is 0.736. The van der Waals surface area contributed by atoms with Gasteiger partial charge in [-0.3, -0.25) is 4.79 Å². The third-order valence-electron chi connectivity index (χ3n) is 3.00. The van der Waals surface area contributed by atoms with E-state index < -0.39 is 0 Å². The normalized spacial score (nSPS) is 46.0. The minimum Gasteiger partial charge on any atom is -0.287 e. The second kappa shape index (κ2) is 2.03. The Hall–Kier alpha value is 0.0200. The molecule has 0 amide bonds. The highest BCUT2D eigenvalue weighted by atomic mass is 32.2. The van der Waals surface area contributed by atoms with E-state index in [1.807, 2.05) is 0 Å². The van der Waals surface area contributed by atoms with Crippen LogP contribution in [0.3, 0.4) is 0 Å². The minimum atomic E-state index is 0.162. The van der Waals surface area contributed by atoms with Crippen LogP contribution in [-0.4, -0.2) is 10.9 Å². The smallest absolute Gasteiger partial charge is 0.195 e. The Morgan fingerprint density at radius 2 is 2.00 bits per heavy atom. The Bertz CT molecular complexity index is 190. The van der Waals surface area contributed by atoms with Crippen molar-refractivity contribution in [3.8, 4) is 0 Å². The Labute approximate surface area is 71.9 Å². The van der Waals surface area contributed by atoms with Gasteiger partial charge in [-0.15, -0.1) is 0 Å². The Morgan fingerprint density at radius 3 is 2.36 bits per heavy atom. The summed E-state index contributed by atoms with van der Waals surface area (Å²) < 4.78 is 0. The molecule has 11 heavy (non-hydrogen) atoms. The molecule has 0 saturated heterocycles. The molecular weight excluding hydrogens is 156 g/mol. The molecule has 2 heteroatoms. The quantitative estimate of drug-likeness (QED) is 0.633. The lowest BCUT2D eigenvalue weighted by atomic mass is 9.36. The maximum atomic E-state index is 11.5. The molecule has 0 aromatic heterocycles. The van der Waals surface area contributed by atoms with Crippen molar-refractivity contribution in [2.24, 2.45) is 10.8 Å². The number of carbonyl (C=O) groups excluding carboxylic acids is 1. The van der Waals surface area contributed by atoms with E-state index in [2.05, 4.69) is 13.8 Å². The molecule has 0 spiro atoms. The van der Waals surface area contributed by atoms with E-state index in [1.165, 1.54) is 31.0 Å². The van der Waals surface area contributed by atoms with Gasteiger partial charge in [0.15, 0.2) is 5.12 Å². The van der Waals surface area contributed by atoms with Crippen molar-refractivity contribution in [1.29, 1.82) is 0 Å². The maximum absolute atomic E-state index is 11.5.